The van der Waals surface area contributed by atoms with E-state index in [1.807, 2.05) is 0 Å². The van der Waals surface area contributed by atoms with Crippen LogP contribution in [-0.4, -0.2) is 82.1 Å². The van der Waals surface area contributed by atoms with Gasteiger partial charge in [0.25, 0.3) is 20.0 Å². The van der Waals surface area contributed by atoms with Crippen molar-refractivity contribution in [1.82, 2.24) is 14.9 Å². The molecular weight excluding hydrogens is 742 g/mol. The average Bonchev–Trinajstić information content (AvgIpc) is 3.92. The third-order valence-corrected chi connectivity index (χ3v) is 13.2. The molecule has 2 amide bonds. The van der Waals surface area contributed by atoms with Gasteiger partial charge in [-0.25, -0.2) is 26.8 Å². The normalized spacial score (nSPS) is 17.4. The van der Waals surface area contributed by atoms with Gasteiger partial charge in [-0.3, -0.25) is 23.9 Å². The standard InChI is InChI=1S/C19H24N4O3S2.C13H12ClN3O3S2/c1-14-3-2-8-22(12-14)13-18(24)23-9-6-15-11-16(4-5-17(15)23)28(25,26)21-19-20-7-10-27-19;14-8-12(18)17-5-3-9-7-10(1-2-11(9)17)22(19,20)16-13-15-4-6-21-13/h4-5,7,10-11,14H,2-3,6,8-9,12-13H2,1H3,(H,20,21);1-2,4,6-7H,3,5,8H2,(H,15,16). The van der Waals surface area contributed by atoms with Crippen molar-refractivity contribution in [2.24, 2.45) is 5.92 Å². The van der Waals surface area contributed by atoms with Crippen LogP contribution in [0.5, 0.6) is 0 Å². The second kappa shape index (κ2) is 15.3. The lowest BCUT2D eigenvalue weighted by molar-refractivity contribution is -0.120. The van der Waals surface area contributed by atoms with Crippen molar-refractivity contribution in [2.45, 2.75) is 42.4 Å². The van der Waals surface area contributed by atoms with E-state index in [9.17, 15) is 26.4 Å². The zero-order valence-corrected chi connectivity index (χ0v) is 31.1. The smallest absolute Gasteiger partial charge is 0.263 e. The largest absolute Gasteiger partial charge is 0.311 e. The number of likely N-dealkylation sites (tertiary alicyclic amines) is 1. The van der Waals surface area contributed by atoms with Crippen molar-refractivity contribution in [2.75, 3.05) is 57.8 Å². The molecule has 0 aliphatic carbocycles. The van der Waals surface area contributed by atoms with Crippen LogP contribution < -0.4 is 19.2 Å². The highest BCUT2D eigenvalue weighted by Gasteiger charge is 2.29. The van der Waals surface area contributed by atoms with Crippen LogP contribution in [0.25, 0.3) is 0 Å². The molecule has 2 N–H and O–H groups in total. The molecule has 1 atom stereocenters. The molecule has 7 rings (SSSR count). The summed E-state index contributed by atoms with van der Waals surface area (Å²) >= 11 is 8.02. The van der Waals surface area contributed by atoms with Crippen LogP contribution in [0.1, 0.15) is 30.9 Å². The summed E-state index contributed by atoms with van der Waals surface area (Å²) in [7, 11) is -7.36. The first-order valence-corrected chi connectivity index (χ1v) is 21.2. The Morgan fingerprint density at radius 1 is 0.820 bits per heavy atom. The molecule has 266 valence electrons. The first-order chi connectivity index (χ1) is 23.9. The van der Waals surface area contributed by atoms with E-state index in [1.165, 1.54) is 41.4 Å². The first-order valence-electron chi connectivity index (χ1n) is 15.9. The molecular formula is C32H36ClN7O6S4. The Hall–Kier alpha value is -3.61. The number of halogens is 1. The number of piperidine rings is 1. The van der Waals surface area contributed by atoms with Gasteiger partial charge in [0, 0.05) is 54.2 Å². The Labute approximate surface area is 304 Å². The summed E-state index contributed by atoms with van der Waals surface area (Å²) in [6.45, 7) is 5.70. The summed E-state index contributed by atoms with van der Waals surface area (Å²) < 4.78 is 54.7. The molecule has 50 heavy (non-hydrogen) atoms. The molecule has 0 saturated carbocycles. The van der Waals surface area contributed by atoms with Crippen molar-refractivity contribution >= 4 is 87.8 Å². The van der Waals surface area contributed by atoms with Crippen LogP contribution in [-0.2, 0) is 42.5 Å². The van der Waals surface area contributed by atoms with Gasteiger partial charge in [0.05, 0.1) is 16.3 Å². The van der Waals surface area contributed by atoms with E-state index >= 15 is 0 Å². The molecule has 3 aliphatic heterocycles. The van der Waals surface area contributed by atoms with Gasteiger partial charge in [-0.2, -0.15) is 0 Å². The molecule has 1 saturated heterocycles. The van der Waals surface area contributed by atoms with Crippen molar-refractivity contribution in [3.8, 4) is 0 Å². The number of carbonyl (C=O) groups is 2. The van der Waals surface area contributed by atoms with Crippen molar-refractivity contribution in [3.63, 3.8) is 0 Å². The number of rotatable bonds is 9. The van der Waals surface area contributed by atoms with Crippen LogP contribution in [0, 0.1) is 5.92 Å². The number of alkyl halides is 1. The molecule has 13 nitrogen and oxygen atoms in total. The molecule has 4 aromatic rings. The molecule has 5 heterocycles. The minimum absolute atomic E-state index is 0.0874. The van der Waals surface area contributed by atoms with E-state index in [-0.39, 0.29) is 27.5 Å². The Bertz CT molecular complexity index is 2060. The van der Waals surface area contributed by atoms with Gasteiger partial charge in [-0.05, 0) is 85.7 Å². The summed E-state index contributed by atoms with van der Waals surface area (Å²) in [6.07, 6.45) is 6.72. The van der Waals surface area contributed by atoms with E-state index in [0.717, 1.165) is 42.0 Å². The van der Waals surface area contributed by atoms with Gasteiger partial charge in [0.2, 0.25) is 11.8 Å². The summed E-state index contributed by atoms with van der Waals surface area (Å²) in [4.78, 5) is 38.4. The van der Waals surface area contributed by atoms with Crippen LogP contribution in [0.15, 0.2) is 69.3 Å². The molecule has 3 aliphatic rings. The Balaban J connectivity index is 0.000000178. The lowest BCUT2D eigenvalue weighted by Crippen LogP contribution is -2.43. The second-order valence-electron chi connectivity index (χ2n) is 12.2. The zero-order chi connectivity index (χ0) is 35.5. The number of carbonyl (C=O) groups excluding carboxylic acids is 2. The number of nitrogens with zero attached hydrogens (tertiary/aromatic N) is 5. The maximum Gasteiger partial charge on any atom is 0.263 e. The Morgan fingerprint density at radius 2 is 1.34 bits per heavy atom. The number of thiazole rings is 2. The number of amides is 2. The predicted octanol–water partition coefficient (Wildman–Crippen LogP) is 4.64. The van der Waals surface area contributed by atoms with E-state index in [2.05, 4.69) is 31.2 Å². The number of anilines is 4. The lowest BCUT2D eigenvalue weighted by atomic mass is 10.0. The lowest BCUT2D eigenvalue weighted by Gasteiger charge is -2.31. The molecule has 0 bridgehead atoms. The van der Waals surface area contributed by atoms with Gasteiger partial charge >= 0.3 is 0 Å². The molecule has 2 aromatic carbocycles. The number of hydrogen-bond donors (Lipinski definition) is 2. The summed E-state index contributed by atoms with van der Waals surface area (Å²) in [5.74, 6) is 0.442. The van der Waals surface area contributed by atoms with E-state index in [4.69, 9.17) is 11.6 Å². The summed E-state index contributed by atoms with van der Waals surface area (Å²) in [6, 6.07) is 9.69. The van der Waals surface area contributed by atoms with Crippen LogP contribution in [0.4, 0.5) is 21.6 Å². The number of fused-ring (bicyclic) bond motifs is 2. The SMILES string of the molecule is CC1CCCN(CC(=O)N2CCc3cc(S(=O)(=O)Nc4nccs4)ccc32)C1.O=C(CCl)N1CCc2cc(S(=O)(=O)Nc3nccs3)ccc21. The molecule has 18 heteroatoms. The number of sulfonamides is 2. The summed E-state index contributed by atoms with van der Waals surface area (Å²) in [5, 5.41) is 4.07. The van der Waals surface area contributed by atoms with Crippen molar-refractivity contribution < 1.29 is 26.4 Å². The second-order valence-corrected chi connectivity index (χ2v) is 17.6. The van der Waals surface area contributed by atoms with Crippen molar-refractivity contribution in [3.05, 3.63) is 70.7 Å². The molecule has 0 spiro atoms. The topological polar surface area (TPSA) is 162 Å². The maximum absolute atomic E-state index is 12.8. The third-order valence-electron chi connectivity index (χ3n) is 8.64. The van der Waals surface area contributed by atoms with Gasteiger partial charge in [0.1, 0.15) is 5.88 Å². The van der Waals surface area contributed by atoms with E-state index in [0.29, 0.717) is 48.7 Å². The van der Waals surface area contributed by atoms with E-state index < -0.39 is 20.0 Å². The Kier molecular flexibility index (Phi) is 11.1. The zero-order valence-electron chi connectivity index (χ0n) is 27.1. The molecule has 2 aromatic heterocycles. The van der Waals surface area contributed by atoms with Crippen molar-refractivity contribution in [1.29, 1.82) is 0 Å². The highest BCUT2D eigenvalue weighted by molar-refractivity contribution is 7.93. The fourth-order valence-corrected chi connectivity index (χ4v) is 10.1. The average molecular weight is 778 g/mol. The molecule has 0 radical (unpaired) electrons. The summed E-state index contributed by atoms with van der Waals surface area (Å²) in [5.41, 5.74) is 3.25. The first kappa shape index (κ1) is 36.2. The van der Waals surface area contributed by atoms with Crippen LogP contribution in [0.3, 0.4) is 0 Å². The monoisotopic (exact) mass is 777 g/mol. The van der Waals surface area contributed by atoms with Crippen LogP contribution in [0.2, 0.25) is 0 Å². The third kappa shape index (κ3) is 8.29. The minimum atomic E-state index is -3.69. The molecule has 1 fully saturated rings. The van der Waals surface area contributed by atoms with E-state index in [1.54, 1.807) is 57.1 Å². The van der Waals surface area contributed by atoms with Gasteiger partial charge in [-0.15, -0.1) is 34.3 Å². The quantitative estimate of drug-likeness (QED) is 0.231. The maximum atomic E-state index is 12.8. The fourth-order valence-electron chi connectivity index (χ4n) is 6.28. The number of nitrogens with one attached hydrogen (secondary N) is 2. The molecule has 1 unspecified atom stereocenters. The fraction of sp³-hybridized carbons (Fsp3) is 0.375. The highest BCUT2D eigenvalue weighted by Crippen LogP contribution is 2.33. The van der Waals surface area contributed by atoms with Gasteiger partial charge < -0.3 is 9.80 Å². The predicted molar refractivity (Wildman–Crippen MR) is 196 cm³/mol. The number of hydrogen-bond acceptors (Lipinski definition) is 11. The number of benzene rings is 2. The number of aromatic nitrogens is 2. The van der Waals surface area contributed by atoms with Gasteiger partial charge in [-0.1, -0.05) is 6.92 Å². The highest BCUT2D eigenvalue weighted by atomic mass is 35.5. The van der Waals surface area contributed by atoms with Gasteiger partial charge in [0.15, 0.2) is 10.3 Å². The van der Waals surface area contributed by atoms with Crippen LogP contribution >= 0.6 is 34.3 Å². The minimum Gasteiger partial charge on any atom is -0.311 e. The Morgan fingerprint density at radius 3 is 1.80 bits per heavy atom.